The SMILES string of the molecule is CCn1nccc1C(=O)N[C@H]1CC[C@@H](Cc2nnc(C)o2)C1. The average Bonchev–Trinajstić information content (AvgIpc) is 3.20. The summed E-state index contributed by atoms with van der Waals surface area (Å²) in [6, 6.07) is 1.97. The van der Waals surface area contributed by atoms with Crippen molar-refractivity contribution < 1.29 is 9.21 Å². The first-order valence-corrected chi connectivity index (χ1v) is 7.77. The molecule has 1 amide bonds. The highest BCUT2D eigenvalue weighted by molar-refractivity contribution is 5.92. The third kappa shape index (κ3) is 3.18. The number of rotatable bonds is 5. The lowest BCUT2D eigenvalue weighted by molar-refractivity contribution is 0.0926. The fourth-order valence-electron chi connectivity index (χ4n) is 3.10. The van der Waals surface area contributed by atoms with Crippen LogP contribution < -0.4 is 5.32 Å². The van der Waals surface area contributed by atoms with Gasteiger partial charge in [-0.1, -0.05) is 0 Å². The van der Waals surface area contributed by atoms with Gasteiger partial charge in [0.15, 0.2) is 0 Å². The van der Waals surface area contributed by atoms with Crippen LogP contribution in [-0.4, -0.2) is 31.9 Å². The molecule has 7 nitrogen and oxygen atoms in total. The molecule has 2 atom stereocenters. The first-order valence-electron chi connectivity index (χ1n) is 7.77. The summed E-state index contributed by atoms with van der Waals surface area (Å²) in [6.45, 7) is 4.46. The van der Waals surface area contributed by atoms with Gasteiger partial charge in [-0.3, -0.25) is 9.48 Å². The molecule has 0 unspecified atom stereocenters. The average molecular weight is 303 g/mol. The zero-order valence-corrected chi connectivity index (χ0v) is 13.0. The molecule has 22 heavy (non-hydrogen) atoms. The van der Waals surface area contributed by atoms with Crippen LogP contribution in [0.1, 0.15) is 48.5 Å². The van der Waals surface area contributed by atoms with E-state index in [2.05, 4.69) is 20.6 Å². The maximum absolute atomic E-state index is 12.3. The van der Waals surface area contributed by atoms with Gasteiger partial charge in [0, 0.05) is 32.1 Å². The van der Waals surface area contributed by atoms with Gasteiger partial charge in [0.1, 0.15) is 5.69 Å². The van der Waals surface area contributed by atoms with E-state index in [0.717, 1.165) is 25.7 Å². The van der Waals surface area contributed by atoms with Gasteiger partial charge >= 0.3 is 0 Å². The molecule has 0 aliphatic heterocycles. The van der Waals surface area contributed by atoms with Crippen molar-refractivity contribution in [1.29, 1.82) is 0 Å². The molecule has 7 heteroatoms. The van der Waals surface area contributed by atoms with Crippen molar-refractivity contribution in [2.24, 2.45) is 5.92 Å². The van der Waals surface area contributed by atoms with E-state index in [1.54, 1.807) is 23.9 Å². The second-order valence-corrected chi connectivity index (χ2v) is 5.80. The minimum Gasteiger partial charge on any atom is -0.426 e. The van der Waals surface area contributed by atoms with Crippen molar-refractivity contribution in [3.63, 3.8) is 0 Å². The summed E-state index contributed by atoms with van der Waals surface area (Å²) in [4.78, 5) is 12.3. The van der Waals surface area contributed by atoms with E-state index in [9.17, 15) is 4.79 Å². The van der Waals surface area contributed by atoms with Gasteiger partial charge in [-0.15, -0.1) is 10.2 Å². The summed E-state index contributed by atoms with van der Waals surface area (Å²) in [5.74, 6) is 1.74. The molecule has 0 spiro atoms. The van der Waals surface area contributed by atoms with Crippen molar-refractivity contribution in [3.05, 3.63) is 29.7 Å². The lowest BCUT2D eigenvalue weighted by Gasteiger charge is -2.13. The van der Waals surface area contributed by atoms with Gasteiger partial charge in [-0.05, 0) is 38.2 Å². The number of amides is 1. The van der Waals surface area contributed by atoms with Crippen LogP contribution in [0.25, 0.3) is 0 Å². The first-order chi connectivity index (χ1) is 10.7. The Bertz CT molecular complexity index is 648. The number of hydrogen-bond acceptors (Lipinski definition) is 5. The first kappa shape index (κ1) is 14.7. The molecule has 1 aliphatic carbocycles. The highest BCUT2D eigenvalue weighted by atomic mass is 16.4. The number of carbonyl (C=O) groups excluding carboxylic acids is 1. The fraction of sp³-hybridized carbons (Fsp3) is 0.600. The predicted molar refractivity (Wildman–Crippen MR) is 79.2 cm³/mol. The van der Waals surface area contributed by atoms with Crippen molar-refractivity contribution in [1.82, 2.24) is 25.3 Å². The Morgan fingerprint density at radius 3 is 3.05 bits per heavy atom. The van der Waals surface area contributed by atoms with E-state index in [-0.39, 0.29) is 11.9 Å². The molecular formula is C15H21N5O2. The molecule has 2 aromatic rings. The van der Waals surface area contributed by atoms with Crippen molar-refractivity contribution in [3.8, 4) is 0 Å². The molecule has 118 valence electrons. The van der Waals surface area contributed by atoms with Crippen LogP contribution in [0.2, 0.25) is 0 Å². The number of aryl methyl sites for hydroxylation is 2. The summed E-state index contributed by atoms with van der Waals surface area (Å²) >= 11 is 0. The Kier molecular flexibility index (Phi) is 4.22. The Labute approximate surface area is 129 Å². The molecule has 0 bridgehead atoms. The largest absolute Gasteiger partial charge is 0.426 e. The van der Waals surface area contributed by atoms with Gasteiger partial charge in [-0.2, -0.15) is 5.10 Å². The second kappa shape index (κ2) is 6.29. The predicted octanol–water partition coefficient (Wildman–Crippen LogP) is 1.74. The van der Waals surface area contributed by atoms with Crippen molar-refractivity contribution in [2.45, 2.75) is 52.1 Å². The maximum Gasteiger partial charge on any atom is 0.269 e. The van der Waals surface area contributed by atoms with Crippen LogP contribution in [-0.2, 0) is 13.0 Å². The normalized spacial score (nSPS) is 21.2. The number of hydrogen-bond donors (Lipinski definition) is 1. The van der Waals surface area contributed by atoms with Gasteiger partial charge in [-0.25, -0.2) is 0 Å². The van der Waals surface area contributed by atoms with Crippen LogP contribution in [0.15, 0.2) is 16.7 Å². The Morgan fingerprint density at radius 2 is 2.32 bits per heavy atom. The third-order valence-electron chi connectivity index (χ3n) is 4.16. The van der Waals surface area contributed by atoms with Gasteiger partial charge < -0.3 is 9.73 Å². The molecule has 1 N–H and O–H groups in total. The lowest BCUT2D eigenvalue weighted by atomic mass is 10.0. The molecule has 1 fully saturated rings. The number of nitrogens with zero attached hydrogens (tertiary/aromatic N) is 4. The monoisotopic (exact) mass is 303 g/mol. The van der Waals surface area contributed by atoms with Crippen LogP contribution >= 0.6 is 0 Å². The molecule has 0 aromatic carbocycles. The van der Waals surface area contributed by atoms with Crippen molar-refractivity contribution in [2.75, 3.05) is 0 Å². The second-order valence-electron chi connectivity index (χ2n) is 5.80. The van der Waals surface area contributed by atoms with Crippen LogP contribution in [0, 0.1) is 12.8 Å². The van der Waals surface area contributed by atoms with Gasteiger partial charge in [0.25, 0.3) is 5.91 Å². The molecular weight excluding hydrogens is 282 g/mol. The van der Waals surface area contributed by atoms with Crippen LogP contribution in [0.5, 0.6) is 0 Å². The molecule has 2 aromatic heterocycles. The van der Waals surface area contributed by atoms with E-state index < -0.39 is 0 Å². The highest BCUT2D eigenvalue weighted by Crippen LogP contribution is 2.28. The summed E-state index contributed by atoms with van der Waals surface area (Å²) in [7, 11) is 0. The summed E-state index contributed by atoms with van der Waals surface area (Å²) in [6.07, 6.45) is 5.46. The van der Waals surface area contributed by atoms with Crippen LogP contribution in [0.3, 0.4) is 0 Å². The standard InChI is InChI=1S/C15H21N5O2/c1-3-20-13(6-7-16-20)15(21)17-12-5-4-11(8-12)9-14-19-18-10(2)22-14/h6-7,11-12H,3-5,8-9H2,1-2H3,(H,17,21)/t11-,12+/m1/s1. The number of aromatic nitrogens is 4. The Balaban J connectivity index is 1.53. The zero-order valence-electron chi connectivity index (χ0n) is 13.0. The molecule has 0 radical (unpaired) electrons. The molecule has 3 rings (SSSR count). The van der Waals surface area contributed by atoms with E-state index in [1.165, 1.54) is 0 Å². The summed E-state index contributed by atoms with van der Waals surface area (Å²) in [5, 5.41) is 15.1. The minimum atomic E-state index is -0.0429. The number of nitrogens with one attached hydrogen (secondary N) is 1. The molecule has 1 saturated carbocycles. The zero-order chi connectivity index (χ0) is 15.5. The van der Waals surface area contributed by atoms with E-state index in [4.69, 9.17) is 4.42 Å². The Hall–Kier alpha value is -2.18. The van der Waals surface area contributed by atoms with E-state index >= 15 is 0 Å². The number of carbonyl (C=O) groups is 1. The molecule has 0 saturated heterocycles. The lowest BCUT2D eigenvalue weighted by Crippen LogP contribution is -2.34. The fourth-order valence-corrected chi connectivity index (χ4v) is 3.10. The summed E-state index contributed by atoms with van der Waals surface area (Å²) in [5.41, 5.74) is 0.624. The quantitative estimate of drug-likeness (QED) is 0.909. The van der Waals surface area contributed by atoms with Crippen molar-refractivity contribution >= 4 is 5.91 Å². The third-order valence-corrected chi connectivity index (χ3v) is 4.16. The minimum absolute atomic E-state index is 0.0429. The smallest absolute Gasteiger partial charge is 0.269 e. The molecule has 1 aliphatic rings. The topological polar surface area (TPSA) is 85.8 Å². The Morgan fingerprint density at radius 1 is 1.45 bits per heavy atom. The maximum atomic E-state index is 12.3. The summed E-state index contributed by atoms with van der Waals surface area (Å²) < 4.78 is 7.14. The van der Waals surface area contributed by atoms with Crippen LogP contribution in [0.4, 0.5) is 0 Å². The molecule has 2 heterocycles. The van der Waals surface area contributed by atoms with Gasteiger partial charge in [0.05, 0.1) is 0 Å². The van der Waals surface area contributed by atoms with E-state index in [1.807, 2.05) is 6.92 Å². The van der Waals surface area contributed by atoms with E-state index in [0.29, 0.717) is 29.9 Å². The highest BCUT2D eigenvalue weighted by Gasteiger charge is 2.28. The van der Waals surface area contributed by atoms with Gasteiger partial charge in [0.2, 0.25) is 11.8 Å².